The van der Waals surface area contributed by atoms with Gasteiger partial charge < -0.3 is 5.32 Å². The summed E-state index contributed by atoms with van der Waals surface area (Å²) in [6.07, 6.45) is 2.17. The van der Waals surface area contributed by atoms with Gasteiger partial charge in [-0.2, -0.15) is 0 Å². The topological polar surface area (TPSA) is 12.0 Å². The van der Waals surface area contributed by atoms with Gasteiger partial charge in [-0.15, -0.1) is 5.73 Å². The lowest BCUT2D eigenvalue weighted by Gasteiger charge is -2.31. The minimum absolute atomic E-state index is 0.569. The molecule has 1 heteroatoms. The number of nitrogens with one attached hydrogen (secondary N) is 1. The van der Waals surface area contributed by atoms with E-state index in [-0.39, 0.29) is 0 Å². The molecule has 1 fully saturated rings. The van der Waals surface area contributed by atoms with Crippen molar-refractivity contribution in [2.45, 2.75) is 12.8 Å². The highest BCUT2D eigenvalue weighted by Crippen LogP contribution is 2.39. The van der Waals surface area contributed by atoms with Gasteiger partial charge in [0, 0.05) is 5.92 Å². The van der Waals surface area contributed by atoms with Gasteiger partial charge in [-0.3, -0.25) is 0 Å². The zero-order chi connectivity index (χ0) is 8.27. The van der Waals surface area contributed by atoms with Crippen molar-refractivity contribution in [3.8, 4) is 0 Å². The zero-order valence-corrected chi connectivity index (χ0v) is 7.11. The van der Waals surface area contributed by atoms with Crippen LogP contribution in [0.4, 0.5) is 0 Å². The summed E-state index contributed by atoms with van der Waals surface area (Å²) in [4.78, 5) is 0. The molecular formula is C10H15N. The molecule has 1 rings (SSSR count). The minimum Gasteiger partial charge on any atom is -0.320 e. The predicted molar refractivity (Wildman–Crippen MR) is 48.4 cm³/mol. The Bertz CT molecular complexity index is 209. The van der Waals surface area contributed by atoms with Gasteiger partial charge in [0.2, 0.25) is 0 Å². The molecule has 0 bridgehead atoms. The standard InChI is InChI=1S/C10H15N/c1-4-9-7-8(2)10(9)5-6-11-3/h10-11H,1-2,5-7H2,3H3. The Hall–Kier alpha value is -0.780. The second-order valence-corrected chi connectivity index (χ2v) is 2.98. The van der Waals surface area contributed by atoms with Gasteiger partial charge in [0.05, 0.1) is 0 Å². The summed E-state index contributed by atoms with van der Waals surface area (Å²) in [7, 11) is 1.97. The molecular weight excluding hydrogens is 134 g/mol. The largest absolute Gasteiger partial charge is 0.320 e. The Balaban J connectivity index is 2.43. The van der Waals surface area contributed by atoms with Gasteiger partial charge in [-0.25, -0.2) is 0 Å². The lowest BCUT2D eigenvalue weighted by molar-refractivity contribution is 0.528. The van der Waals surface area contributed by atoms with Gasteiger partial charge >= 0.3 is 0 Å². The second-order valence-electron chi connectivity index (χ2n) is 2.98. The van der Waals surface area contributed by atoms with E-state index in [0.29, 0.717) is 5.92 Å². The molecule has 0 aromatic heterocycles. The Morgan fingerprint density at radius 1 is 1.73 bits per heavy atom. The lowest BCUT2D eigenvalue weighted by atomic mass is 9.74. The molecule has 60 valence electrons. The fourth-order valence-electron chi connectivity index (χ4n) is 1.46. The third-order valence-corrected chi connectivity index (χ3v) is 2.24. The van der Waals surface area contributed by atoms with E-state index in [1.54, 1.807) is 0 Å². The van der Waals surface area contributed by atoms with Crippen molar-refractivity contribution in [1.82, 2.24) is 5.32 Å². The molecule has 1 nitrogen and oxygen atoms in total. The van der Waals surface area contributed by atoms with Crippen molar-refractivity contribution in [2.75, 3.05) is 13.6 Å². The minimum atomic E-state index is 0.569. The van der Waals surface area contributed by atoms with Gasteiger partial charge in [0.1, 0.15) is 0 Å². The van der Waals surface area contributed by atoms with Crippen LogP contribution in [0.3, 0.4) is 0 Å². The summed E-state index contributed by atoms with van der Waals surface area (Å²) in [6, 6.07) is 0. The average Bonchev–Trinajstić information content (AvgIpc) is 2.00. The van der Waals surface area contributed by atoms with Crippen molar-refractivity contribution in [1.29, 1.82) is 0 Å². The Labute approximate surface area is 68.5 Å². The summed E-state index contributed by atoms with van der Waals surface area (Å²) in [5.74, 6) is 0.569. The molecule has 0 radical (unpaired) electrons. The first-order valence-electron chi connectivity index (χ1n) is 4.00. The van der Waals surface area contributed by atoms with Gasteiger partial charge in [-0.05, 0) is 32.0 Å². The van der Waals surface area contributed by atoms with Crippen LogP contribution >= 0.6 is 0 Å². The van der Waals surface area contributed by atoms with Crippen LogP contribution in [0, 0.1) is 5.92 Å². The van der Waals surface area contributed by atoms with E-state index in [1.807, 2.05) is 7.05 Å². The Morgan fingerprint density at radius 3 is 2.91 bits per heavy atom. The molecule has 0 aromatic carbocycles. The van der Waals surface area contributed by atoms with Crippen LogP contribution in [0.2, 0.25) is 0 Å². The normalized spacial score (nSPS) is 22.8. The van der Waals surface area contributed by atoms with E-state index in [0.717, 1.165) is 19.4 Å². The van der Waals surface area contributed by atoms with E-state index in [2.05, 4.69) is 24.2 Å². The molecule has 0 aromatic rings. The van der Waals surface area contributed by atoms with Crippen LogP contribution in [-0.4, -0.2) is 13.6 Å². The maximum Gasteiger partial charge on any atom is 0.00987 e. The number of hydrogen-bond acceptors (Lipinski definition) is 1. The van der Waals surface area contributed by atoms with Crippen LogP contribution in [0.15, 0.2) is 30.0 Å². The van der Waals surface area contributed by atoms with Crippen molar-refractivity contribution in [2.24, 2.45) is 5.92 Å². The van der Waals surface area contributed by atoms with Gasteiger partial charge in [0.15, 0.2) is 0 Å². The third kappa shape index (κ3) is 1.62. The van der Waals surface area contributed by atoms with E-state index < -0.39 is 0 Å². The predicted octanol–water partition coefficient (Wildman–Crippen LogP) is 1.88. The fourth-order valence-corrected chi connectivity index (χ4v) is 1.46. The van der Waals surface area contributed by atoms with Crippen LogP contribution in [0.1, 0.15) is 12.8 Å². The van der Waals surface area contributed by atoms with Gasteiger partial charge in [0.25, 0.3) is 0 Å². The number of rotatable bonds is 3. The van der Waals surface area contributed by atoms with Crippen molar-refractivity contribution >= 4 is 0 Å². The van der Waals surface area contributed by atoms with Crippen LogP contribution < -0.4 is 5.32 Å². The molecule has 1 atom stereocenters. The summed E-state index contributed by atoms with van der Waals surface area (Å²) >= 11 is 0. The highest BCUT2D eigenvalue weighted by Gasteiger charge is 2.26. The van der Waals surface area contributed by atoms with Crippen molar-refractivity contribution in [3.63, 3.8) is 0 Å². The van der Waals surface area contributed by atoms with Crippen LogP contribution in [0.25, 0.3) is 0 Å². The summed E-state index contributed by atoms with van der Waals surface area (Å²) in [5, 5.41) is 3.13. The summed E-state index contributed by atoms with van der Waals surface area (Å²) in [5.41, 5.74) is 5.65. The molecule has 0 heterocycles. The molecule has 0 amide bonds. The monoisotopic (exact) mass is 149 g/mol. The van der Waals surface area contributed by atoms with E-state index in [1.165, 1.54) is 11.1 Å². The molecule has 0 spiro atoms. The first-order chi connectivity index (χ1) is 5.29. The smallest absolute Gasteiger partial charge is 0.00987 e. The van der Waals surface area contributed by atoms with Gasteiger partial charge in [-0.1, -0.05) is 18.7 Å². The van der Waals surface area contributed by atoms with Crippen molar-refractivity contribution in [3.05, 3.63) is 30.0 Å². The SMILES string of the molecule is C=C=C1CC(=C)C1CCNC. The molecule has 1 saturated carbocycles. The molecule has 11 heavy (non-hydrogen) atoms. The average molecular weight is 149 g/mol. The fraction of sp³-hybridized carbons (Fsp3) is 0.500. The van der Waals surface area contributed by atoms with Crippen LogP contribution in [0.5, 0.6) is 0 Å². The maximum absolute atomic E-state index is 3.98. The number of allylic oxidation sites excluding steroid dienone is 2. The summed E-state index contributed by atoms with van der Waals surface area (Å²) in [6.45, 7) is 8.68. The maximum atomic E-state index is 3.98. The molecule has 1 aliphatic rings. The van der Waals surface area contributed by atoms with E-state index in [4.69, 9.17) is 0 Å². The molecule has 0 aliphatic heterocycles. The molecule has 1 N–H and O–H groups in total. The van der Waals surface area contributed by atoms with E-state index in [9.17, 15) is 0 Å². The molecule has 1 unspecified atom stereocenters. The van der Waals surface area contributed by atoms with Crippen molar-refractivity contribution < 1.29 is 0 Å². The molecule has 0 saturated heterocycles. The highest BCUT2D eigenvalue weighted by atomic mass is 14.8. The zero-order valence-electron chi connectivity index (χ0n) is 7.11. The first-order valence-corrected chi connectivity index (χ1v) is 4.00. The summed E-state index contributed by atoms with van der Waals surface area (Å²) < 4.78 is 0. The lowest BCUT2D eigenvalue weighted by Crippen LogP contribution is -2.22. The Kier molecular flexibility index (Phi) is 2.70. The first kappa shape index (κ1) is 8.32. The highest BCUT2D eigenvalue weighted by molar-refractivity contribution is 5.33. The third-order valence-electron chi connectivity index (χ3n) is 2.24. The Morgan fingerprint density at radius 2 is 2.45 bits per heavy atom. The second kappa shape index (κ2) is 3.56. The number of hydrogen-bond donors (Lipinski definition) is 1. The van der Waals surface area contributed by atoms with E-state index >= 15 is 0 Å². The quantitative estimate of drug-likeness (QED) is 0.477. The van der Waals surface area contributed by atoms with Crippen LogP contribution in [-0.2, 0) is 0 Å². The molecule has 1 aliphatic carbocycles.